The minimum atomic E-state index is -0.439. The summed E-state index contributed by atoms with van der Waals surface area (Å²) in [5.74, 6) is 0. The van der Waals surface area contributed by atoms with Crippen molar-refractivity contribution in [2.45, 2.75) is 27.2 Å². The van der Waals surface area contributed by atoms with E-state index in [0.29, 0.717) is 6.42 Å². The molecule has 18 heavy (non-hydrogen) atoms. The zero-order valence-electron chi connectivity index (χ0n) is 11.5. The molecule has 3 heteroatoms. The Morgan fingerprint density at radius 1 is 1.22 bits per heavy atom. The third-order valence-electron chi connectivity index (χ3n) is 4.05. The zero-order chi connectivity index (χ0) is 14.0. The number of allylic oxidation sites excluding steroid dienone is 2. The second-order valence-electron chi connectivity index (χ2n) is 5.58. The maximum atomic E-state index is 9.72. The summed E-state index contributed by atoms with van der Waals surface area (Å²) < 4.78 is 0. The van der Waals surface area contributed by atoms with Crippen molar-refractivity contribution in [3.05, 3.63) is 35.5 Å². The third kappa shape index (κ3) is 2.18. The molecule has 3 N–H and O–H groups in total. The van der Waals surface area contributed by atoms with Crippen LogP contribution in [-0.4, -0.2) is 35.1 Å². The largest absolute Gasteiger partial charge is 0.395 e. The van der Waals surface area contributed by atoms with Crippen LogP contribution >= 0.6 is 0 Å². The van der Waals surface area contributed by atoms with E-state index >= 15 is 0 Å². The van der Waals surface area contributed by atoms with E-state index in [1.807, 2.05) is 26.8 Å². The summed E-state index contributed by atoms with van der Waals surface area (Å²) in [7, 11) is 0. The highest BCUT2D eigenvalue weighted by Gasteiger charge is 2.48. The smallest absolute Gasteiger partial charge is 0.0681 e. The summed E-state index contributed by atoms with van der Waals surface area (Å²) in [4.78, 5) is 0. The molecule has 0 spiro atoms. The molecule has 1 aliphatic rings. The highest BCUT2D eigenvalue weighted by atomic mass is 16.3. The summed E-state index contributed by atoms with van der Waals surface area (Å²) in [5.41, 5.74) is 1.83. The molecule has 0 saturated heterocycles. The van der Waals surface area contributed by atoms with Gasteiger partial charge in [-0.1, -0.05) is 32.6 Å². The molecule has 0 unspecified atom stereocenters. The molecule has 0 aromatic heterocycles. The predicted molar refractivity (Wildman–Crippen MR) is 73.1 cm³/mol. The Labute approximate surface area is 109 Å². The van der Waals surface area contributed by atoms with Gasteiger partial charge in [0.05, 0.1) is 19.8 Å². The fourth-order valence-electron chi connectivity index (χ4n) is 3.17. The molecule has 0 aliphatic heterocycles. The third-order valence-corrected chi connectivity index (χ3v) is 4.05. The highest BCUT2D eigenvalue weighted by molar-refractivity contribution is 5.51. The maximum absolute atomic E-state index is 9.72. The first-order valence-corrected chi connectivity index (χ1v) is 6.28. The van der Waals surface area contributed by atoms with Gasteiger partial charge in [-0.3, -0.25) is 0 Å². The van der Waals surface area contributed by atoms with E-state index in [2.05, 4.69) is 6.58 Å². The van der Waals surface area contributed by atoms with Crippen molar-refractivity contribution in [3.8, 4) is 0 Å². The molecule has 102 valence electrons. The number of hydrogen-bond donors (Lipinski definition) is 3. The first-order chi connectivity index (χ1) is 8.42. The van der Waals surface area contributed by atoms with Gasteiger partial charge >= 0.3 is 0 Å². The van der Waals surface area contributed by atoms with E-state index < -0.39 is 10.8 Å². The SMILES string of the molecule is C=CC1=C(/C(=C\C)CO)[C@@](C)(CO)C[C@@]1(C)CO. The number of aliphatic hydroxyl groups excluding tert-OH is 3. The van der Waals surface area contributed by atoms with Crippen molar-refractivity contribution < 1.29 is 15.3 Å². The maximum Gasteiger partial charge on any atom is 0.0681 e. The van der Waals surface area contributed by atoms with E-state index in [1.165, 1.54) is 0 Å². The second kappa shape index (κ2) is 5.39. The Kier molecular flexibility index (Phi) is 4.54. The topological polar surface area (TPSA) is 60.7 Å². The van der Waals surface area contributed by atoms with Crippen molar-refractivity contribution in [2.75, 3.05) is 19.8 Å². The van der Waals surface area contributed by atoms with Crippen molar-refractivity contribution in [3.63, 3.8) is 0 Å². The van der Waals surface area contributed by atoms with Crippen LogP contribution in [0, 0.1) is 10.8 Å². The van der Waals surface area contributed by atoms with Crippen LogP contribution in [0.2, 0.25) is 0 Å². The van der Waals surface area contributed by atoms with E-state index in [9.17, 15) is 15.3 Å². The van der Waals surface area contributed by atoms with Crippen LogP contribution in [0.15, 0.2) is 35.5 Å². The fraction of sp³-hybridized carbons (Fsp3) is 0.600. The van der Waals surface area contributed by atoms with E-state index in [1.54, 1.807) is 6.08 Å². The fourth-order valence-corrected chi connectivity index (χ4v) is 3.17. The van der Waals surface area contributed by atoms with E-state index in [4.69, 9.17) is 0 Å². The second-order valence-corrected chi connectivity index (χ2v) is 5.58. The van der Waals surface area contributed by atoms with Crippen molar-refractivity contribution in [1.82, 2.24) is 0 Å². The summed E-state index contributed by atoms with van der Waals surface area (Å²) in [5, 5.41) is 28.9. The minimum absolute atomic E-state index is 0.00734. The van der Waals surface area contributed by atoms with Gasteiger partial charge in [-0.2, -0.15) is 0 Å². The van der Waals surface area contributed by atoms with E-state index in [-0.39, 0.29) is 19.8 Å². The van der Waals surface area contributed by atoms with Gasteiger partial charge in [-0.05, 0) is 30.1 Å². The van der Waals surface area contributed by atoms with Gasteiger partial charge in [0.1, 0.15) is 0 Å². The van der Waals surface area contributed by atoms with Crippen molar-refractivity contribution in [2.24, 2.45) is 10.8 Å². The number of hydrogen-bond acceptors (Lipinski definition) is 3. The van der Waals surface area contributed by atoms with Crippen LogP contribution in [0.5, 0.6) is 0 Å². The van der Waals surface area contributed by atoms with Gasteiger partial charge in [0.15, 0.2) is 0 Å². The highest BCUT2D eigenvalue weighted by Crippen LogP contribution is 2.55. The quantitative estimate of drug-likeness (QED) is 0.699. The lowest BCUT2D eigenvalue weighted by molar-refractivity contribution is 0.110. The Morgan fingerprint density at radius 2 is 1.78 bits per heavy atom. The molecule has 0 saturated carbocycles. The molecule has 0 bridgehead atoms. The molecule has 2 atom stereocenters. The molecule has 0 heterocycles. The van der Waals surface area contributed by atoms with E-state index in [0.717, 1.165) is 16.7 Å². The Bertz CT molecular complexity index is 395. The first kappa shape index (κ1) is 15.2. The summed E-state index contributed by atoms with van der Waals surface area (Å²) in [6.45, 7) is 9.56. The average Bonchev–Trinajstić information content (AvgIpc) is 2.61. The molecule has 0 aromatic carbocycles. The molecule has 0 aromatic rings. The lowest BCUT2D eigenvalue weighted by atomic mass is 9.77. The van der Waals surface area contributed by atoms with Crippen LogP contribution in [0.4, 0.5) is 0 Å². The molecule has 1 aliphatic carbocycles. The van der Waals surface area contributed by atoms with Gasteiger partial charge in [0.2, 0.25) is 0 Å². The number of rotatable bonds is 5. The van der Waals surface area contributed by atoms with Gasteiger partial charge in [-0.25, -0.2) is 0 Å². The average molecular weight is 252 g/mol. The molecule has 0 amide bonds. The molecule has 3 nitrogen and oxygen atoms in total. The summed E-state index contributed by atoms with van der Waals surface area (Å²) in [6.07, 6.45) is 4.25. The molecule has 0 radical (unpaired) electrons. The summed E-state index contributed by atoms with van der Waals surface area (Å²) >= 11 is 0. The van der Waals surface area contributed by atoms with Crippen LogP contribution in [0.3, 0.4) is 0 Å². The Morgan fingerprint density at radius 3 is 2.11 bits per heavy atom. The monoisotopic (exact) mass is 252 g/mol. The standard InChI is InChI=1S/C15H24O3/c1-5-11(7-16)13-12(6-2)14(3,9-17)8-15(13,4)10-18/h5-6,16-18H,2,7-10H2,1,3-4H3/b11-5-/t14-,15+/m0/s1. The lowest BCUT2D eigenvalue weighted by Crippen LogP contribution is -2.27. The Balaban J connectivity index is 3.50. The summed E-state index contributed by atoms with van der Waals surface area (Å²) in [6, 6.07) is 0. The van der Waals surface area contributed by atoms with Crippen molar-refractivity contribution in [1.29, 1.82) is 0 Å². The van der Waals surface area contributed by atoms with Crippen LogP contribution in [0.25, 0.3) is 0 Å². The van der Waals surface area contributed by atoms with Crippen LogP contribution < -0.4 is 0 Å². The van der Waals surface area contributed by atoms with Crippen LogP contribution in [0.1, 0.15) is 27.2 Å². The van der Waals surface area contributed by atoms with Gasteiger partial charge < -0.3 is 15.3 Å². The van der Waals surface area contributed by atoms with Gasteiger partial charge in [0, 0.05) is 10.8 Å². The minimum Gasteiger partial charge on any atom is -0.395 e. The lowest BCUT2D eigenvalue weighted by Gasteiger charge is -2.29. The molecular weight excluding hydrogens is 228 g/mol. The van der Waals surface area contributed by atoms with Gasteiger partial charge in [0.25, 0.3) is 0 Å². The normalized spacial score (nSPS) is 33.1. The molecule has 1 rings (SSSR count). The predicted octanol–water partition coefficient (Wildman–Crippen LogP) is 1.81. The zero-order valence-corrected chi connectivity index (χ0v) is 11.5. The number of aliphatic hydroxyl groups is 3. The van der Waals surface area contributed by atoms with Crippen molar-refractivity contribution >= 4 is 0 Å². The molecule has 0 fully saturated rings. The van der Waals surface area contributed by atoms with Gasteiger partial charge in [-0.15, -0.1) is 0 Å². The first-order valence-electron chi connectivity index (χ1n) is 6.28. The molecular formula is C15H24O3. The Hall–Kier alpha value is -0.900. The van der Waals surface area contributed by atoms with Crippen LogP contribution in [-0.2, 0) is 0 Å².